The summed E-state index contributed by atoms with van der Waals surface area (Å²) >= 11 is 0. The van der Waals surface area contributed by atoms with Gasteiger partial charge in [-0.15, -0.1) is 0 Å². The van der Waals surface area contributed by atoms with Gasteiger partial charge in [-0.2, -0.15) is 0 Å². The van der Waals surface area contributed by atoms with Gasteiger partial charge in [0.15, 0.2) is 11.5 Å². The predicted octanol–water partition coefficient (Wildman–Crippen LogP) is 3.45. The van der Waals surface area contributed by atoms with Crippen molar-refractivity contribution in [2.75, 3.05) is 13.2 Å². The van der Waals surface area contributed by atoms with Crippen LogP contribution in [0.15, 0.2) is 48.5 Å². The third-order valence-electron chi connectivity index (χ3n) is 3.58. The largest absolute Gasteiger partial charge is 0.490 e. The first-order chi connectivity index (χ1) is 11.3. The Labute approximate surface area is 135 Å². The zero-order valence-corrected chi connectivity index (χ0v) is 13.0. The molecule has 5 nitrogen and oxygen atoms in total. The first kappa shape index (κ1) is 15.2. The molecule has 1 saturated heterocycles. The minimum Gasteiger partial charge on any atom is -0.490 e. The van der Waals surface area contributed by atoms with Gasteiger partial charge in [0.2, 0.25) is 0 Å². The summed E-state index contributed by atoms with van der Waals surface area (Å²) in [6.45, 7) is 3.27. The van der Waals surface area contributed by atoms with Gasteiger partial charge in [0.1, 0.15) is 13.2 Å². The molecule has 1 amide bonds. The van der Waals surface area contributed by atoms with E-state index in [0.29, 0.717) is 31.3 Å². The van der Waals surface area contributed by atoms with Crippen LogP contribution in [0.2, 0.25) is 0 Å². The summed E-state index contributed by atoms with van der Waals surface area (Å²) in [7, 11) is 0. The fraction of sp³-hybridized carbons (Fsp3) is 0.278. The van der Waals surface area contributed by atoms with Gasteiger partial charge >= 0.3 is 6.09 Å². The number of carbonyl (C=O) groups excluding carboxylic acids is 1. The van der Waals surface area contributed by atoms with E-state index in [1.807, 2.05) is 55.5 Å². The Hall–Kier alpha value is -2.69. The molecule has 3 rings (SSSR count). The minimum absolute atomic E-state index is 0.148. The first-order valence-corrected chi connectivity index (χ1v) is 7.63. The molecule has 2 aromatic rings. The molecule has 0 spiro atoms. The molecule has 5 heteroatoms. The highest BCUT2D eigenvalue weighted by Crippen LogP contribution is 2.32. The molecule has 0 radical (unpaired) electrons. The van der Waals surface area contributed by atoms with Crippen LogP contribution in [0, 0.1) is 0 Å². The summed E-state index contributed by atoms with van der Waals surface area (Å²) in [6.07, 6.45) is -0.391. The fourth-order valence-electron chi connectivity index (χ4n) is 2.43. The molecule has 0 aromatic heterocycles. The van der Waals surface area contributed by atoms with Crippen LogP contribution in [0.5, 0.6) is 11.5 Å². The molecule has 1 atom stereocenters. The average molecular weight is 313 g/mol. The number of hydrogen-bond donors (Lipinski definition) is 1. The van der Waals surface area contributed by atoms with Crippen molar-refractivity contribution < 1.29 is 19.0 Å². The summed E-state index contributed by atoms with van der Waals surface area (Å²) in [5.74, 6) is 1.35. The number of nitrogens with one attached hydrogen (secondary N) is 1. The number of ether oxygens (including phenoxy) is 3. The standard InChI is InChI=1S/C18H19NO4/c1-2-21-17-10-14(15-12-23-18(20)19-15)8-9-16(17)22-11-13-6-4-3-5-7-13/h3-10,15H,2,11-12H2,1H3,(H,19,20)/t15-/m1/s1. The van der Waals surface area contributed by atoms with E-state index in [0.717, 1.165) is 11.1 Å². The van der Waals surface area contributed by atoms with Crippen LogP contribution < -0.4 is 14.8 Å². The number of alkyl carbamates (subject to hydrolysis) is 1. The van der Waals surface area contributed by atoms with E-state index in [4.69, 9.17) is 14.2 Å². The summed E-state index contributed by atoms with van der Waals surface area (Å²) in [4.78, 5) is 11.2. The van der Waals surface area contributed by atoms with Crippen molar-refractivity contribution in [2.45, 2.75) is 19.6 Å². The van der Waals surface area contributed by atoms with Crippen LogP contribution in [0.4, 0.5) is 4.79 Å². The highest BCUT2D eigenvalue weighted by atomic mass is 16.6. The second-order valence-corrected chi connectivity index (χ2v) is 5.21. The molecule has 23 heavy (non-hydrogen) atoms. The lowest BCUT2D eigenvalue weighted by molar-refractivity contribution is 0.177. The van der Waals surface area contributed by atoms with E-state index in [9.17, 15) is 4.79 Å². The van der Waals surface area contributed by atoms with Crippen molar-refractivity contribution in [3.05, 3.63) is 59.7 Å². The molecule has 0 unspecified atom stereocenters. The van der Waals surface area contributed by atoms with Gasteiger partial charge in [-0.1, -0.05) is 36.4 Å². The smallest absolute Gasteiger partial charge is 0.407 e. The Bertz CT molecular complexity index is 672. The van der Waals surface area contributed by atoms with Crippen LogP contribution >= 0.6 is 0 Å². The third-order valence-corrected chi connectivity index (χ3v) is 3.58. The van der Waals surface area contributed by atoms with E-state index in [1.165, 1.54) is 0 Å². The van der Waals surface area contributed by atoms with Gasteiger partial charge in [0.25, 0.3) is 0 Å². The predicted molar refractivity (Wildman–Crippen MR) is 85.6 cm³/mol. The van der Waals surface area contributed by atoms with E-state index in [1.54, 1.807) is 0 Å². The number of amides is 1. The van der Waals surface area contributed by atoms with Crippen LogP contribution in [0.3, 0.4) is 0 Å². The first-order valence-electron chi connectivity index (χ1n) is 7.63. The summed E-state index contributed by atoms with van der Waals surface area (Å²) < 4.78 is 16.5. The van der Waals surface area contributed by atoms with E-state index < -0.39 is 6.09 Å². The maximum atomic E-state index is 11.2. The SMILES string of the molecule is CCOc1cc([C@H]2COC(=O)N2)ccc1OCc1ccccc1. The van der Waals surface area contributed by atoms with Crippen LogP contribution in [0.1, 0.15) is 24.1 Å². The van der Waals surface area contributed by atoms with Crippen LogP contribution in [-0.4, -0.2) is 19.3 Å². The van der Waals surface area contributed by atoms with Crippen molar-refractivity contribution in [1.29, 1.82) is 0 Å². The minimum atomic E-state index is -0.391. The molecule has 0 aliphatic carbocycles. The van der Waals surface area contributed by atoms with E-state index >= 15 is 0 Å². The van der Waals surface area contributed by atoms with Gasteiger partial charge < -0.3 is 19.5 Å². The lowest BCUT2D eigenvalue weighted by Crippen LogP contribution is -2.18. The topological polar surface area (TPSA) is 56.8 Å². The normalized spacial score (nSPS) is 16.6. The van der Waals surface area contributed by atoms with E-state index in [2.05, 4.69) is 5.32 Å². The average Bonchev–Trinajstić information content (AvgIpc) is 3.01. The molecule has 1 aliphatic rings. The number of rotatable bonds is 6. The Morgan fingerprint density at radius 2 is 1.96 bits per heavy atom. The lowest BCUT2D eigenvalue weighted by Gasteiger charge is -2.15. The maximum absolute atomic E-state index is 11.2. The molecule has 1 N–H and O–H groups in total. The van der Waals surface area contributed by atoms with Crippen molar-refractivity contribution in [1.82, 2.24) is 5.32 Å². The number of benzene rings is 2. The maximum Gasteiger partial charge on any atom is 0.407 e. The highest BCUT2D eigenvalue weighted by Gasteiger charge is 2.24. The van der Waals surface area contributed by atoms with Gasteiger partial charge in [-0.05, 0) is 30.2 Å². The highest BCUT2D eigenvalue weighted by molar-refractivity contribution is 5.70. The molecular formula is C18H19NO4. The summed E-state index contributed by atoms with van der Waals surface area (Å²) in [6, 6.07) is 15.5. The third kappa shape index (κ3) is 3.74. The van der Waals surface area contributed by atoms with Crippen LogP contribution in [0.25, 0.3) is 0 Å². The Balaban J connectivity index is 1.75. The van der Waals surface area contributed by atoms with Crippen molar-refractivity contribution in [2.24, 2.45) is 0 Å². The molecule has 0 saturated carbocycles. The second-order valence-electron chi connectivity index (χ2n) is 5.21. The monoisotopic (exact) mass is 313 g/mol. The second kappa shape index (κ2) is 7.05. The van der Waals surface area contributed by atoms with Crippen molar-refractivity contribution >= 4 is 6.09 Å². The number of carbonyl (C=O) groups is 1. The summed E-state index contributed by atoms with van der Waals surface area (Å²) in [5, 5.41) is 2.76. The number of hydrogen-bond acceptors (Lipinski definition) is 4. The quantitative estimate of drug-likeness (QED) is 0.887. The molecule has 0 bridgehead atoms. The molecule has 1 heterocycles. The van der Waals surface area contributed by atoms with Gasteiger partial charge in [0.05, 0.1) is 12.6 Å². The molecule has 2 aromatic carbocycles. The van der Waals surface area contributed by atoms with Crippen molar-refractivity contribution in [3.63, 3.8) is 0 Å². The van der Waals surface area contributed by atoms with Gasteiger partial charge in [-0.3, -0.25) is 0 Å². The van der Waals surface area contributed by atoms with Crippen LogP contribution in [-0.2, 0) is 11.3 Å². The Kier molecular flexibility index (Phi) is 4.66. The summed E-state index contributed by atoms with van der Waals surface area (Å²) in [5.41, 5.74) is 2.03. The van der Waals surface area contributed by atoms with Crippen molar-refractivity contribution in [3.8, 4) is 11.5 Å². The zero-order valence-electron chi connectivity index (χ0n) is 13.0. The number of cyclic esters (lactones) is 1. The molecule has 1 fully saturated rings. The Morgan fingerprint density at radius 1 is 1.13 bits per heavy atom. The molecule has 1 aliphatic heterocycles. The fourth-order valence-corrected chi connectivity index (χ4v) is 2.43. The molecular weight excluding hydrogens is 294 g/mol. The molecule has 120 valence electrons. The lowest BCUT2D eigenvalue weighted by atomic mass is 10.1. The Morgan fingerprint density at radius 3 is 2.65 bits per heavy atom. The van der Waals surface area contributed by atoms with E-state index in [-0.39, 0.29) is 6.04 Å². The van der Waals surface area contributed by atoms with Gasteiger partial charge in [0, 0.05) is 0 Å². The van der Waals surface area contributed by atoms with Gasteiger partial charge in [-0.25, -0.2) is 4.79 Å². The zero-order chi connectivity index (χ0) is 16.1.